The maximum atomic E-state index is 11.9. The molecule has 2 heterocycles. The molecule has 0 aliphatic carbocycles. The van der Waals surface area contributed by atoms with E-state index in [-0.39, 0.29) is 5.91 Å². The van der Waals surface area contributed by atoms with Crippen LogP contribution >= 0.6 is 11.8 Å². The summed E-state index contributed by atoms with van der Waals surface area (Å²) >= 11 is 1.57. The van der Waals surface area contributed by atoms with Gasteiger partial charge in [-0.15, -0.1) is 11.8 Å². The van der Waals surface area contributed by atoms with E-state index in [9.17, 15) is 4.79 Å². The van der Waals surface area contributed by atoms with Crippen LogP contribution in [0, 0.1) is 0 Å². The molecule has 1 N–H and O–H groups in total. The lowest BCUT2D eigenvalue weighted by Gasteiger charge is -2.26. The van der Waals surface area contributed by atoms with E-state index in [1.807, 2.05) is 17.2 Å². The molecule has 0 spiro atoms. The predicted molar refractivity (Wildman–Crippen MR) is 74.3 cm³/mol. The van der Waals surface area contributed by atoms with Gasteiger partial charge in [0.05, 0.1) is 13.2 Å². The smallest absolute Gasteiger partial charge is 0.224 e. The zero-order valence-electron chi connectivity index (χ0n) is 11.0. The van der Waals surface area contributed by atoms with E-state index in [4.69, 9.17) is 4.74 Å². The molecule has 104 valence electrons. The molecule has 1 aliphatic heterocycles. The van der Waals surface area contributed by atoms with Crippen molar-refractivity contribution < 1.29 is 9.53 Å². The van der Waals surface area contributed by atoms with Gasteiger partial charge in [0, 0.05) is 32.1 Å². The van der Waals surface area contributed by atoms with E-state index in [1.165, 1.54) is 6.33 Å². The number of hydrogen-bond donors (Lipinski definition) is 1. The van der Waals surface area contributed by atoms with E-state index in [0.717, 1.165) is 10.8 Å². The third-order valence-corrected chi connectivity index (χ3v) is 3.50. The quantitative estimate of drug-likeness (QED) is 0.638. The van der Waals surface area contributed by atoms with Gasteiger partial charge in [0.25, 0.3) is 0 Å². The Morgan fingerprint density at radius 3 is 3.00 bits per heavy atom. The van der Waals surface area contributed by atoms with Crippen molar-refractivity contribution in [3.8, 4) is 0 Å². The molecule has 1 aromatic rings. The van der Waals surface area contributed by atoms with Gasteiger partial charge >= 0.3 is 0 Å². The first-order valence-electron chi connectivity index (χ1n) is 6.25. The minimum atomic E-state index is 0.162. The molecule has 1 aromatic heterocycles. The number of hydrogen-bond acceptors (Lipinski definition) is 6. The van der Waals surface area contributed by atoms with Crippen LogP contribution in [0.1, 0.15) is 6.42 Å². The van der Waals surface area contributed by atoms with Gasteiger partial charge < -0.3 is 15.0 Å². The molecular weight excluding hydrogens is 264 g/mol. The molecular formula is C12H18N4O2S. The van der Waals surface area contributed by atoms with Crippen LogP contribution in [-0.2, 0) is 9.53 Å². The van der Waals surface area contributed by atoms with Crippen LogP contribution in [0.15, 0.2) is 17.4 Å². The lowest BCUT2D eigenvalue weighted by molar-refractivity contribution is -0.134. The number of aromatic nitrogens is 2. The number of thioether (sulfide) groups is 1. The monoisotopic (exact) mass is 282 g/mol. The van der Waals surface area contributed by atoms with E-state index in [0.29, 0.717) is 39.3 Å². The highest BCUT2D eigenvalue weighted by Crippen LogP contribution is 2.13. The third-order valence-electron chi connectivity index (χ3n) is 2.86. The Morgan fingerprint density at radius 2 is 2.26 bits per heavy atom. The summed E-state index contributed by atoms with van der Waals surface area (Å²) in [7, 11) is 0. The van der Waals surface area contributed by atoms with Gasteiger partial charge in [0.15, 0.2) is 0 Å². The largest absolute Gasteiger partial charge is 0.378 e. The number of rotatable bonds is 5. The Morgan fingerprint density at radius 1 is 1.47 bits per heavy atom. The Bertz CT molecular complexity index is 424. The van der Waals surface area contributed by atoms with E-state index in [2.05, 4.69) is 15.3 Å². The van der Waals surface area contributed by atoms with Gasteiger partial charge in [-0.3, -0.25) is 4.79 Å². The molecule has 0 unspecified atom stereocenters. The first kappa shape index (κ1) is 14.1. The summed E-state index contributed by atoms with van der Waals surface area (Å²) < 4.78 is 5.22. The molecule has 6 nitrogen and oxygen atoms in total. The van der Waals surface area contributed by atoms with Crippen LogP contribution in [0.2, 0.25) is 0 Å². The highest BCUT2D eigenvalue weighted by Gasteiger charge is 2.15. The van der Waals surface area contributed by atoms with Crippen molar-refractivity contribution in [2.24, 2.45) is 0 Å². The molecule has 19 heavy (non-hydrogen) atoms. The molecule has 0 saturated carbocycles. The minimum absolute atomic E-state index is 0.162. The van der Waals surface area contributed by atoms with Gasteiger partial charge in [0.1, 0.15) is 17.2 Å². The average Bonchev–Trinajstić information content (AvgIpc) is 2.48. The number of nitrogens with one attached hydrogen (secondary N) is 1. The maximum Gasteiger partial charge on any atom is 0.224 e. The number of morpholine rings is 1. The van der Waals surface area contributed by atoms with Crippen molar-refractivity contribution in [3.63, 3.8) is 0 Å². The fraction of sp³-hybridized carbons (Fsp3) is 0.583. The molecule has 7 heteroatoms. The summed E-state index contributed by atoms with van der Waals surface area (Å²) in [4.78, 5) is 22.0. The second-order valence-electron chi connectivity index (χ2n) is 4.12. The van der Waals surface area contributed by atoms with E-state index >= 15 is 0 Å². The second kappa shape index (κ2) is 7.30. The van der Waals surface area contributed by atoms with Gasteiger partial charge in [-0.25, -0.2) is 9.97 Å². The predicted octanol–water partition coefficient (Wildman–Crippen LogP) is 0.859. The molecule has 1 saturated heterocycles. The maximum absolute atomic E-state index is 11.9. The SMILES string of the molecule is CSc1cc(NCCC(=O)N2CCOCC2)ncn1. The Labute approximate surface area is 116 Å². The van der Waals surface area contributed by atoms with Crippen molar-refractivity contribution in [2.75, 3.05) is 44.4 Å². The number of carbonyl (C=O) groups is 1. The van der Waals surface area contributed by atoms with Gasteiger partial charge in [-0.05, 0) is 6.26 Å². The van der Waals surface area contributed by atoms with Crippen molar-refractivity contribution in [3.05, 3.63) is 12.4 Å². The van der Waals surface area contributed by atoms with Crippen molar-refractivity contribution in [1.82, 2.24) is 14.9 Å². The van der Waals surface area contributed by atoms with Crippen molar-refractivity contribution in [2.45, 2.75) is 11.4 Å². The van der Waals surface area contributed by atoms with Gasteiger partial charge in [-0.1, -0.05) is 0 Å². The third kappa shape index (κ3) is 4.36. The van der Waals surface area contributed by atoms with Crippen LogP contribution in [0.3, 0.4) is 0 Å². The zero-order valence-corrected chi connectivity index (χ0v) is 11.8. The Kier molecular flexibility index (Phi) is 5.41. The molecule has 1 fully saturated rings. The molecule has 0 aromatic carbocycles. The van der Waals surface area contributed by atoms with E-state index in [1.54, 1.807) is 11.8 Å². The molecule has 0 atom stereocenters. The molecule has 0 bridgehead atoms. The van der Waals surface area contributed by atoms with Crippen LogP contribution < -0.4 is 5.32 Å². The number of ether oxygens (including phenoxy) is 1. The van der Waals surface area contributed by atoms with Crippen LogP contribution in [0.5, 0.6) is 0 Å². The van der Waals surface area contributed by atoms with Crippen molar-refractivity contribution >= 4 is 23.5 Å². The Balaban J connectivity index is 1.74. The topological polar surface area (TPSA) is 67.4 Å². The van der Waals surface area contributed by atoms with Crippen molar-refractivity contribution in [1.29, 1.82) is 0 Å². The number of anilines is 1. The fourth-order valence-corrected chi connectivity index (χ4v) is 2.20. The highest BCUT2D eigenvalue weighted by atomic mass is 32.2. The summed E-state index contributed by atoms with van der Waals surface area (Å²) in [5, 5.41) is 4.06. The second-order valence-corrected chi connectivity index (χ2v) is 4.94. The molecule has 2 rings (SSSR count). The lowest BCUT2D eigenvalue weighted by atomic mass is 10.3. The molecule has 1 aliphatic rings. The minimum Gasteiger partial charge on any atom is -0.378 e. The highest BCUT2D eigenvalue weighted by molar-refractivity contribution is 7.98. The number of amides is 1. The number of nitrogens with zero attached hydrogens (tertiary/aromatic N) is 3. The zero-order chi connectivity index (χ0) is 13.5. The summed E-state index contributed by atoms with van der Waals surface area (Å²) in [6.07, 6.45) is 3.96. The summed E-state index contributed by atoms with van der Waals surface area (Å²) in [5.41, 5.74) is 0. The fourth-order valence-electron chi connectivity index (χ4n) is 1.82. The Hall–Kier alpha value is -1.34. The first-order valence-corrected chi connectivity index (χ1v) is 7.47. The van der Waals surface area contributed by atoms with E-state index < -0.39 is 0 Å². The summed E-state index contributed by atoms with van der Waals surface area (Å²) in [6.45, 7) is 3.26. The molecule has 1 amide bonds. The summed E-state index contributed by atoms with van der Waals surface area (Å²) in [6, 6.07) is 1.88. The van der Waals surface area contributed by atoms with Gasteiger partial charge in [0.2, 0.25) is 5.91 Å². The average molecular weight is 282 g/mol. The summed E-state index contributed by atoms with van der Waals surface area (Å²) in [5.74, 6) is 0.920. The number of carbonyl (C=O) groups excluding carboxylic acids is 1. The molecule has 0 radical (unpaired) electrons. The normalized spacial score (nSPS) is 15.3. The van der Waals surface area contributed by atoms with Crippen LogP contribution in [-0.4, -0.2) is 59.9 Å². The standard InChI is InChI=1S/C12H18N4O2S/c1-19-11-8-10(14-9-15-11)13-3-2-12(17)16-4-6-18-7-5-16/h8-9H,2-7H2,1H3,(H,13,14,15). The first-order chi connectivity index (χ1) is 9.29. The van der Waals surface area contributed by atoms with Crippen LogP contribution in [0.25, 0.3) is 0 Å². The lowest BCUT2D eigenvalue weighted by Crippen LogP contribution is -2.41. The van der Waals surface area contributed by atoms with Crippen LogP contribution in [0.4, 0.5) is 5.82 Å². The van der Waals surface area contributed by atoms with Gasteiger partial charge in [-0.2, -0.15) is 0 Å².